The Balaban J connectivity index is 1.77. The molecule has 1 N–H and O–H groups in total. The highest BCUT2D eigenvalue weighted by molar-refractivity contribution is 6.17. The van der Waals surface area contributed by atoms with E-state index >= 15 is 0 Å². The maximum absolute atomic E-state index is 5.55. The Labute approximate surface area is 121 Å². The number of aromatic nitrogens is 1. The fourth-order valence-electron chi connectivity index (χ4n) is 2.10. The van der Waals surface area contributed by atoms with E-state index in [1.54, 1.807) is 6.20 Å². The van der Waals surface area contributed by atoms with E-state index in [0.717, 1.165) is 28.1 Å². The Morgan fingerprint density at radius 2 is 2.10 bits per heavy atom. The van der Waals surface area contributed by atoms with Crippen molar-refractivity contribution in [3.63, 3.8) is 0 Å². The number of alkyl halides is 1. The van der Waals surface area contributed by atoms with Crippen molar-refractivity contribution in [2.24, 2.45) is 0 Å². The summed E-state index contributed by atoms with van der Waals surface area (Å²) in [5.41, 5.74) is 0. The van der Waals surface area contributed by atoms with Gasteiger partial charge in [0.15, 0.2) is 11.5 Å². The van der Waals surface area contributed by atoms with Gasteiger partial charge in [0.25, 0.3) is 0 Å². The van der Waals surface area contributed by atoms with Crippen LogP contribution in [0, 0.1) is 0 Å². The van der Waals surface area contributed by atoms with Crippen LogP contribution in [-0.4, -0.2) is 37.4 Å². The summed E-state index contributed by atoms with van der Waals surface area (Å²) in [7, 11) is 0. The summed E-state index contributed by atoms with van der Waals surface area (Å²) in [6, 6.07) is 5.87. The van der Waals surface area contributed by atoms with Gasteiger partial charge in [-0.15, -0.1) is 11.6 Å². The zero-order valence-corrected chi connectivity index (χ0v) is 11.7. The van der Waals surface area contributed by atoms with Crippen LogP contribution in [0.1, 0.15) is 0 Å². The molecule has 0 spiro atoms. The molecule has 0 unspecified atom stereocenters. The van der Waals surface area contributed by atoms with Gasteiger partial charge in [-0.05, 0) is 23.6 Å². The Kier molecular flexibility index (Phi) is 4.08. The SMILES string of the molecule is ClCCOCCNc1nccc2cc3c(cc12)OCO3. The number of hydrogen-bond acceptors (Lipinski definition) is 5. The summed E-state index contributed by atoms with van der Waals surface area (Å²) in [6.07, 6.45) is 1.77. The lowest BCUT2D eigenvalue weighted by Crippen LogP contribution is -2.11. The number of nitrogens with one attached hydrogen (secondary N) is 1. The fourth-order valence-corrected chi connectivity index (χ4v) is 2.21. The smallest absolute Gasteiger partial charge is 0.231 e. The van der Waals surface area contributed by atoms with Crippen molar-refractivity contribution >= 4 is 28.2 Å². The summed E-state index contributed by atoms with van der Waals surface area (Å²) in [5, 5.41) is 5.33. The molecule has 1 aliphatic rings. The van der Waals surface area contributed by atoms with E-state index in [9.17, 15) is 0 Å². The van der Waals surface area contributed by atoms with Crippen molar-refractivity contribution in [2.45, 2.75) is 0 Å². The average molecular weight is 295 g/mol. The molecule has 0 saturated heterocycles. The summed E-state index contributed by atoms with van der Waals surface area (Å²) >= 11 is 5.55. The van der Waals surface area contributed by atoms with Crippen molar-refractivity contribution < 1.29 is 14.2 Å². The van der Waals surface area contributed by atoms with E-state index in [0.29, 0.717) is 25.6 Å². The van der Waals surface area contributed by atoms with Gasteiger partial charge >= 0.3 is 0 Å². The topological polar surface area (TPSA) is 52.6 Å². The van der Waals surface area contributed by atoms with Gasteiger partial charge in [-0.1, -0.05) is 0 Å². The lowest BCUT2D eigenvalue weighted by atomic mass is 10.1. The number of rotatable bonds is 6. The largest absolute Gasteiger partial charge is 0.454 e. The molecule has 2 aromatic rings. The Morgan fingerprint density at radius 1 is 1.25 bits per heavy atom. The zero-order chi connectivity index (χ0) is 13.8. The molecule has 106 valence electrons. The van der Waals surface area contributed by atoms with Gasteiger partial charge in [-0.3, -0.25) is 0 Å². The molecule has 0 radical (unpaired) electrons. The maximum Gasteiger partial charge on any atom is 0.231 e. The van der Waals surface area contributed by atoms with E-state index in [4.69, 9.17) is 25.8 Å². The number of hydrogen-bond donors (Lipinski definition) is 1. The summed E-state index contributed by atoms with van der Waals surface area (Å²) in [4.78, 5) is 4.36. The molecule has 1 aromatic carbocycles. The number of nitrogens with zero attached hydrogens (tertiary/aromatic N) is 1. The highest BCUT2D eigenvalue weighted by Crippen LogP contribution is 2.37. The molecule has 1 aromatic heterocycles. The fraction of sp³-hybridized carbons (Fsp3) is 0.357. The minimum Gasteiger partial charge on any atom is -0.454 e. The van der Waals surface area contributed by atoms with Crippen molar-refractivity contribution in [3.8, 4) is 11.5 Å². The van der Waals surface area contributed by atoms with E-state index in [2.05, 4.69) is 10.3 Å². The molecule has 0 saturated carbocycles. The highest BCUT2D eigenvalue weighted by Gasteiger charge is 2.15. The van der Waals surface area contributed by atoms with Crippen LogP contribution in [0.15, 0.2) is 24.4 Å². The molecule has 1 aliphatic heterocycles. The second-order valence-corrected chi connectivity index (χ2v) is 4.69. The Hall–Kier alpha value is -1.72. The second kappa shape index (κ2) is 6.15. The maximum atomic E-state index is 5.55. The van der Waals surface area contributed by atoms with Crippen molar-refractivity contribution in [3.05, 3.63) is 24.4 Å². The third kappa shape index (κ3) is 2.73. The quantitative estimate of drug-likeness (QED) is 0.656. The second-order valence-electron chi connectivity index (χ2n) is 4.31. The first kappa shape index (κ1) is 13.3. The highest BCUT2D eigenvalue weighted by atomic mass is 35.5. The van der Waals surface area contributed by atoms with Crippen LogP contribution in [-0.2, 0) is 4.74 Å². The Bertz CT molecular complexity index is 606. The van der Waals surface area contributed by atoms with Crippen LogP contribution in [0.2, 0.25) is 0 Å². The van der Waals surface area contributed by atoms with Crippen LogP contribution in [0.25, 0.3) is 10.8 Å². The minimum atomic E-state index is 0.272. The lowest BCUT2D eigenvalue weighted by Gasteiger charge is -2.09. The van der Waals surface area contributed by atoms with Gasteiger partial charge in [0.05, 0.1) is 13.2 Å². The van der Waals surface area contributed by atoms with Crippen LogP contribution in [0.5, 0.6) is 11.5 Å². The number of anilines is 1. The molecular weight excluding hydrogens is 280 g/mol. The molecular formula is C14H15ClN2O3. The zero-order valence-electron chi connectivity index (χ0n) is 10.9. The molecule has 0 amide bonds. The van der Waals surface area contributed by atoms with E-state index in [1.165, 1.54) is 0 Å². The van der Waals surface area contributed by atoms with Crippen molar-refractivity contribution in [1.82, 2.24) is 4.98 Å². The molecule has 20 heavy (non-hydrogen) atoms. The third-order valence-corrected chi connectivity index (χ3v) is 3.17. The molecule has 0 fully saturated rings. The van der Waals surface area contributed by atoms with Crippen molar-refractivity contribution in [2.75, 3.05) is 37.7 Å². The molecule has 6 heteroatoms. The van der Waals surface area contributed by atoms with Gasteiger partial charge in [-0.25, -0.2) is 4.98 Å². The van der Waals surface area contributed by atoms with Gasteiger partial charge in [0.1, 0.15) is 5.82 Å². The monoisotopic (exact) mass is 294 g/mol. The number of pyridine rings is 1. The van der Waals surface area contributed by atoms with Gasteiger partial charge in [-0.2, -0.15) is 0 Å². The van der Waals surface area contributed by atoms with Crippen LogP contribution >= 0.6 is 11.6 Å². The first-order valence-electron chi connectivity index (χ1n) is 6.44. The molecule has 2 heterocycles. The number of halogens is 1. The molecule has 0 aliphatic carbocycles. The van der Waals surface area contributed by atoms with Gasteiger partial charge in [0.2, 0.25) is 6.79 Å². The molecule has 0 atom stereocenters. The van der Waals surface area contributed by atoms with E-state index < -0.39 is 0 Å². The number of ether oxygens (including phenoxy) is 3. The number of fused-ring (bicyclic) bond motifs is 2. The van der Waals surface area contributed by atoms with Crippen LogP contribution in [0.3, 0.4) is 0 Å². The van der Waals surface area contributed by atoms with Gasteiger partial charge < -0.3 is 19.5 Å². The minimum absolute atomic E-state index is 0.272. The van der Waals surface area contributed by atoms with Gasteiger partial charge in [0, 0.05) is 24.0 Å². The van der Waals surface area contributed by atoms with Crippen LogP contribution < -0.4 is 14.8 Å². The first-order valence-corrected chi connectivity index (χ1v) is 6.98. The predicted octanol–water partition coefficient (Wildman–Crippen LogP) is 2.63. The summed E-state index contributed by atoms with van der Waals surface area (Å²) in [6.45, 7) is 2.10. The van der Waals surface area contributed by atoms with Crippen LogP contribution in [0.4, 0.5) is 5.82 Å². The standard InChI is InChI=1S/C14H15ClN2O3/c15-2-5-18-6-4-17-14-11-8-13-12(19-9-20-13)7-10(11)1-3-16-14/h1,3,7-8H,2,4-6,9H2,(H,16,17). The lowest BCUT2D eigenvalue weighted by molar-refractivity contribution is 0.160. The molecule has 0 bridgehead atoms. The Morgan fingerprint density at radius 3 is 2.95 bits per heavy atom. The van der Waals surface area contributed by atoms with Crippen molar-refractivity contribution in [1.29, 1.82) is 0 Å². The number of benzene rings is 1. The molecule has 5 nitrogen and oxygen atoms in total. The molecule has 3 rings (SSSR count). The average Bonchev–Trinajstić information content (AvgIpc) is 2.92. The normalized spacial score (nSPS) is 12.8. The first-order chi connectivity index (χ1) is 9.88. The van der Waals surface area contributed by atoms with E-state index in [-0.39, 0.29) is 6.79 Å². The predicted molar refractivity (Wildman–Crippen MR) is 77.9 cm³/mol. The summed E-state index contributed by atoms with van der Waals surface area (Å²) in [5.74, 6) is 2.86. The summed E-state index contributed by atoms with van der Waals surface area (Å²) < 4.78 is 16.1. The van der Waals surface area contributed by atoms with E-state index in [1.807, 2.05) is 18.2 Å². The third-order valence-electron chi connectivity index (χ3n) is 3.02.